The third-order valence-corrected chi connectivity index (χ3v) is 7.14. The van der Waals surface area contributed by atoms with Gasteiger partial charge in [0.05, 0.1) is 19.0 Å². The lowest BCUT2D eigenvalue weighted by Gasteiger charge is -2.31. The molecule has 2 heterocycles. The number of likely N-dealkylation sites (tertiary alicyclic amines) is 1. The average Bonchev–Trinajstić information content (AvgIpc) is 2.74. The Kier molecular flexibility index (Phi) is 8.00. The van der Waals surface area contributed by atoms with Gasteiger partial charge in [-0.3, -0.25) is 0 Å². The van der Waals surface area contributed by atoms with Crippen molar-refractivity contribution in [3.05, 3.63) is 35.9 Å². The molecule has 31 heavy (non-hydrogen) atoms. The van der Waals surface area contributed by atoms with E-state index in [1.807, 2.05) is 44.2 Å². The Hall–Kier alpha value is -2.06. The van der Waals surface area contributed by atoms with Gasteiger partial charge in [-0.1, -0.05) is 18.2 Å². The van der Waals surface area contributed by atoms with E-state index in [0.29, 0.717) is 25.6 Å². The highest BCUT2D eigenvalue weighted by Crippen LogP contribution is 2.26. The summed E-state index contributed by atoms with van der Waals surface area (Å²) in [6.07, 6.45) is 6.61. The molecule has 0 aromatic heterocycles. The zero-order valence-corrected chi connectivity index (χ0v) is 19.6. The first-order valence-corrected chi connectivity index (χ1v) is 12.9. The Bertz CT molecular complexity index is 872. The molecule has 0 radical (unpaired) electrons. The molecule has 1 aromatic carbocycles. The van der Waals surface area contributed by atoms with Gasteiger partial charge in [-0.05, 0) is 68.7 Å². The quantitative estimate of drug-likeness (QED) is 0.632. The van der Waals surface area contributed by atoms with Crippen LogP contribution in [0.3, 0.4) is 0 Å². The van der Waals surface area contributed by atoms with Crippen molar-refractivity contribution in [3.8, 4) is 5.75 Å². The molecular weight excluding hydrogens is 416 g/mol. The smallest absolute Gasteiger partial charge is 0.410 e. The summed E-state index contributed by atoms with van der Waals surface area (Å²) in [5.74, 6) is 1.41. The second-order valence-corrected chi connectivity index (χ2v) is 10.6. The fourth-order valence-electron chi connectivity index (χ4n) is 4.00. The first kappa shape index (κ1) is 23.6. The van der Waals surface area contributed by atoms with Crippen molar-refractivity contribution < 1.29 is 22.7 Å². The average molecular weight is 451 g/mol. The van der Waals surface area contributed by atoms with Gasteiger partial charge in [0.2, 0.25) is 10.0 Å². The van der Waals surface area contributed by atoms with Gasteiger partial charge in [0.15, 0.2) is 0 Å². The monoisotopic (exact) mass is 450 g/mol. The van der Waals surface area contributed by atoms with E-state index in [0.717, 1.165) is 50.1 Å². The van der Waals surface area contributed by atoms with Crippen LogP contribution in [0.2, 0.25) is 0 Å². The number of carbonyl (C=O) groups is 1. The minimum atomic E-state index is -3.13. The van der Waals surface area contributed by atoms with Crippen LogP contribution < -0.4 is 4.74 Å². The highest BCUT2D eigenvalue weighted by atomic mass is 32.2. The second-order valence-electron chi connectivity index (χ2n) is 8.62. The van der Waals surface area contributed by atoms with E-state index < -0.39 is 10.0 Å². The van der Waals surface area contributed by atoms with Crippen molar-refractivity contribution in [2.24, 2.45) is 5.92 Å². The molecule has 172 valence electrons. The zero-order chi connectivity index (χ0) is 22.4. The Morgan fingerprint density at radius 1 is 1.13 bits per heavy atom. The molecule has 0 atom stereocenters. The van der Waals surface area contributed by atoms with Gasteiger partial charge in [-0.25, -0.2) is 13.2 Å². The number of ether oxygens (including phenoxy) is 2. The summed E-state index contributed by atoms with van der Waals surface area (Å²) in [5, 5.41) is 0. The van der Waals surface area contributed by atoms with Gasteiger partial charge in [-0.2, -0.15) is 4.31 Å². The molecule has 1 fully saturated rings. The summed E-state index contributed by atoms with van der Waals surface area (Å²) < 4.78 is 35.9. The van der Waals surface area contributed by atoms with Gasteiger partial charge in [0.1, 0.15) is 5.75 Å². The van der Waals surface area contributed by atoms with Crippen LogP contribution in [-0.4, -0.2) is 68.9 Å². The van der Waals surface area contributed by atoms with Gasteiger partial charge >= 0.3 is 6.09 Å². The molecule has 0 aliphatic carbocycles. The zero-order valence-electron chi connectivity index (χ0n) is 18.7. The molecule has 0 bridgehead atoms. The molecule has 3 rings (SSSR count). The van der Waals surface area contributed by atoms with Crippen LogP contribution in [0.1, 0.15) is 45.1 Å². The summed E-state index contributed by atoms with van der Waals surface area (Å²) >= 11 is 0. The van der Waals surface area contributed by atoms with Crippen LogP contribution in [-0.2, 0) is 14.8 Å². The van der Waals surface area contributed by atoms with Crippen LogP contribution in [0, 0.1) is 5.92 Å². The van der Waals surface area contributed by atoms with Crippen molar-refractivity contribution in [2.75, 3.05) is 39.0 Å². The molecular formula is C23H34N2O5S. The number of benzene rings is 1. The lowest BCUT2D eigenvalue weighted by atomic mass is 9.94. The predicted molar refractivity (Wildman–Crippen MR) is 121 cm³/mol. The van der Waals surface area contributed by atoms with Crippen molar-refractivity contribution in [1.29, 1.82) is 0 Å². The number of hydrogen-bond donors (Lipinski definition) is 0. The molecule has 2 aliphatic heterocycles. The van der Waals surface area contributed by atoms with Gasteiger partial charge in [0.25, 0.3) is 0 Å². The normalized spacial score (nSPS) is 18.7. The summed E-state index contributed by atoms with van der Waals surface area (Å²) in [7, 11) is -3.13. The minimum Gasteiger partial charge on any atom is -0.494 e. The largest absolute Gasteiger partial charge is 0.494 e. The lowest BCUT2D eigenvalue weighted by molar-refractivity contribution is 0.0637. The molecule has 7 nitrogen and oxygen atoms in total. The van der Waals surface area contributed by atoms with Crippen molar-refractivity contribution in [3.63, 3.8) is 0 Å². The van der Waals surface area contributed by atoms with E-state index in [1.54, 1.807) is 4.90 Å². The van der Waals surface area contributed by atoms with Crippen molar-refractivity contribution in [1.82, 2.24) is 9.21 Å². The Balaban J connectivity index is 1.40. The summed E-state index contributed by atoms with van der Waals surface area (Å²) in [6, 6.07) is 8.03. The fraction of sp³-hybridized carbons (Fsp3) is 0.609. The van der Waals surface area contributed by atoms with E-state index in [-0.39, 0.29) is 12.2 Å². The molecule has 0 unspecified atom stereocenters. The van der Waals surface area contributed by atoms with Gasteiger partial charge in [-0.15, -0.1) is 0 Å². The van der Waals surface area contributed by atoms with Crippen molar-refractivity contribution >= 4 is 21.7 Å². The van der Waals surface area contributed by atoms with Crippen molar-refractivity contribution in [2.45, 2.75) is 45.6 Å². The SMILES string of the molecule is CC(C)OC(=O)N1CCC(CCOc2ccc(C3=CCN(S(C)(=O)=O)CC3)cc2)CC1. The highest BCUT2D eigenvalue weighted by Gasteiger charge is 2.24. The van der Waals surface area contributed by atoms with Gasteiger partial charge in [0, 0.05) is 26.2 Å². The number of rotatable bonds is 7. The van der Waals surface area contributed by atoms with Crippen LogP contribution in [0.25, 0.3) is 5.57 Å². The number of piperidine rings is 1. The predicted octanol–water partition coefficient (Wildman–Crippen LogP) is 3.76. The first-order chi connectivity index (χ1) is 14.7. The number of sulfonamides is 1. The van der Waals surface area contributed by atoms with E-state index in [1.165, 1.54) is 16.1 Å². The molecule has 1 aromatic rings. The Labute approximate surface area is 186 Å². The molecule has 2 aliphatic rings. The molecule has 1 saturated heterocycles. The maximum absolute atomic E-state index is 12.0. The summed E-state index contributed by atoms with van der Waals surface area (Å²) in [4.78, 5) is 13.8. The maximum atomic E-state index is 12.0. The van der Waals surface area contributed by atoms with Crippen LogP contribution in [0.5, 0.6) is 5.75 Å². The topological polar surface area (TPSA) is 76.2 Å². The van der Waals surface area contributed by atoms with E-state index >= 15 is 0 Å². The standard InChI is InChI=1S/C23H34N2O5S/c1-18(2)30-23(26)24-13-8-19(9-14-24)12-17-29-22-6-4-20(5-7-22)21-10-15-25(16-11-21)31(3,27)28/h4-7,10,18-19H,8-9,11-17H2,1-3H3. The number of carbonyl (C=O) groups excluding carboxylic acids is 1. The molecule has 8 heteroatoms. The summed E-state index contributed by atoms with van der Waals surface area (Å²) in [5.41, 5.74) is 2.29. The number of amides is 1. The van der Waals surface area contributed by atoms with Gasteiger partial charge < -0.3 is 14.4 Å². The molecule has 0 spiro atoms. The Morgan fingerprint density at radius 3 is 2.35 bits per heavy atom. The minimum absolute atomic E-state index is 0.0819. The summed E-state index contributed by atoms with van der Waals surface area (Å²) in [6.45, 7) is 6.84. The second kappa shape index (κ2) is 10.5. The number of hydrogen-bond acceptors (Lipinski definition) is 5. The third kappa shape index (κ3) is 6.97. The van der Waals surface area contributed by atoms with E-state index in [4.69, 9.17) is 9.47 Å². The maximum Gasteiger partial charge on any atom is 0.410 e. The Morgan fingerprint density at radius 2 is 1.81 bits per heavy atom. The first-order valence-electron chi connectivity index (χ1n) is 11.1. The highest BCUT2D eigenvalue weighted by molar-refractivity contribution is 7.88. The molecule has 0 saturated carbocycles. The van der Waals surface area contributed by atoms with Crippen LogP contribution in [0.15, 0.2) is 30.3 Å². The van der Waals surface area contributed by atoms with Crippen LogP contribution in [0.4, 0.5) is 4.79 Å². The molecule has 0 N–H and O–H groups in total. The van der Waals surface area contributed by atoms with Crippen LogP contribution >= 0.6 is 0 Å². The lowest BCUT2D eigenvalue weighted by Crippen LogP contribution is -2.39. The molecule has 1 amide bonds. The fourth-order valence-corrected chi connectivity index (χ4v) is 4.77. The van der Waals surface area contributed by atoms with E-state index in [9.17, 15) is 13.2 Å². The number of nitrogens with zero attached hydrogens (tertiary/aromatic N) is 2. The van der Waals surface area contributed by atoms with E-state index in [2.05, 4.69) is 0 Å². The third-order valence-electron chi connectivity index (χ3n) is 5.87.